The van der Waals surface area contributed by atoms with Crippen molar-refractivity contribution in [2.24, 2.45) is 5.73 Å². The Labute approximate surface area is 90.1 Å². The fourth-order valence-electron chi connectivity index (χ4n) is 0.951. The van der Waals surface area contributed by atoms with Crippen LogP contribution < -0.4 is 5.73 Å². The van der Waals surface area contributed by atoms with E-state index in [9.17, 15) is 5.11 Å². The Morgan fingerprint density at radius 3 is 2.77 bits per heavy atom. The van der Waals surface area contributed by atoms with Crippen molar-refractivity contribution >= 4 is 27.5 Å². The van der Waals surface area contributed by atoms with Crippen LogP contribution in [0.1, 0.15) is 11.6 Å². The fourth-order valence-corrected chi connectivity index (χ4v) is 1.46. The first kappa shape index (κ1) is 10.6. The summed E-state index contributed by atoms with van der Waals surface area (Å²) < 4.78 is 0.462. The van der Waals surface area contributed by atoms with Crippen LogP contribution in [-0.4, -0.2) is 5.11 Å². The molecule has 0 saturated carbocycles. The normalized spacial score (nSPS) is 12.5. The standard InChI is InChI=1S/C9H9BrClNO/c1-2-7(12)5-3-4-6(11)8(10)9(5)13/h2-4,7,13H,1,12H2. The molecule has 1 aromatic rings. The minimum Gasteiger partial charge on any atom is -0.506 e. The van der Waals surface area contributed by atoms with Gasteiger partial charge in [-0.2, -0.15) is 0 Å². The van der Waals surface area contributed by atoms with Crippen molar-refractivity contribution in [1.29, 1.82) is 0 Å². The number of benzene rings is 1. The molecule has 4 heteroatoms. The highest BCUT2D eigenvalue weighted by Gasteiger charge is 2.12. The summed E-state index contributed by atoms with van der Waals surface area (Å²) >= 11 is 8.92. The van der Waals surface area contributed by atoms with Gasteiger partial charge in [0.2, 0.25) is 0 Å². The maximum atomic E-state index is 9.62. The molecule has 0 amide bonds. The van der Waals surface area contributed by atoms with Crippen molar-refractivity contribution in [3.63, 3.8) is 0 Å². The van der Waals surface area contributed by atoms with Crippen LogP contribution in [0.25, 0.3) is 0 Å². The van der Waals surface area contributed by atoms with Gasteiger partial charge in [0.05, 0.1) is 15.5 Å². The highest BCUT2D eigenvalue weighted by molar-refractivity contribution is 9.10. The summed E-state index contributed by atoms with van der Waals surface area (Å²) in [5.41, 5.74) is 6.28. The van der Waals surface area contributed by atoms with E-state index in [4.69, 9.17) is 17.3 Å². The molecule has 2 nitrogen and oxygen atoms in total. The molecule has 0 fully saturated rings. The van der Waals surface area contributed by atoms with Crippen molar-refractivity contribution in [2.75, 3.05) is 0 Å². The first-order valence-electron chi connectivity index (χ1n) is 3.63. The van der Waals surface area contributed by atoms with Gasteiger partial charge in [-0.3, -0.25) is 0 Å². The van der Waals surface area contributed by atoms with Crippen molar-refractivity contribution in [2.45, 2.75) is 6.04 Å². The van der Waals surface area contributed by atoms with Gasteiger partial charge in [0, 0.05) is 5.56 Å². The average molecular weight is 263 g/mol. The van der Waals surface area contributed by atoms with Crippen LogP contribution in [0.15, 0.2) is 29.3 Å². The molecule has 0 heterocycles. The number of nitrogens with two attached hydrogens (primary N) is 1. The van der Waals surface area contributed by atoms with Crippen LogP contribution in [0, 0.1) is 0 Å². The number of halogens is 2. The first-order valence-corrected chi connectivity index (χ1v) is 4.80. The van der Waals surface area contributed by atoms with Crippen LogP contribution in [0.2, 0.25) is 5.02 Å². The minimum absolute atomic E-state index is 0.0694. The molecule has 0 bridgehead atoms. The average Bonchev–Trinajstić information content (AvgIpc) is 2.13. The van der Waals surface area contributed by atoms with Crippen LogP contribution in [-0.2, 0) is 0 Å². The van der Waals surface area contributed by atoms with Gasteiger partial charge < -0.3 is 10.8 Å². The molecular formula is C9H9BrClNO. The zero-order valence-corrected chi connectivity index (χ0v) is 9.14. The summed E-state index contributed by atoms with van der Waals surface area (Å²) in [4.78, 5) is 0. The Kier molecular flexibility index (Phi) is 3.36. The molecule has 70 valence electrons. The van der Waals surface area contributed by atoms with E-state index < -0.39 is 0 Å². The van der Waals surface area contributed by atoms with Crippen molar-refractivity contribution < 1.29 is 5.11 Å². The van der Waals surface area contributed by atoms with Gasteiger partial charge in [0.15, 0.2) is 0 Å². The summed E-state index contributed by atoms with van der Waals surface area (Å²) in [6.45, 7) is 3.55. The van der Waals surface area contributed by atoms with Crippen LogP contribution >= 0.6 is 27.5 Å². The topological polar surface area (TPSA) is 46.2 Å². The number of rotatable bonds is 2. The zero-order chi connectivity index (χ0) is 10.0. The summed E-state index contributed by atoms with van der Waals surface area (Å²) in [7, 11) is 0. The molecular weight excluding hydrogens is 253 g/mol. The molecule has 3 N–H and O–H groups in total. The maximum Gasteiger partial charge on any atom is 0.136 e. The van der Waals surface area contributed by atoms with E-state index in [1.807, 2.05) is 0 Å². The lowest BCUT2D eigenvalue weighted by Gasteiger charge is -2.10. The molecule has 1 rings (SSSR count). The van der Waals surface area contributed by atoms with Gasteiger partial charge in [0.25, 0.3) is 0 Å². The van der Waals surface area contributed by atoms with E-state index in [1.54, 1.807) is 18.2 Å². The lowest BCUT2D eigenvalue weighted by atomic mass is 10.1. The van der Waals surface area contributed by atoms with Crippen LogP contribution in [0.4, 0.5) is 0 Å². The second kappa shape index (κ2) is 4.13. The van der Waals surface area contributed by atoms with Crippen LogP contribution in [0.3, 0.4) is 0 Å². The Morgan fingerprint density at radius 1 is 1.62 bits per heavy atom. The molecule has 0 saturated heterocycles. The molecule has 0 aromatic heterocycles. The number of hydrogen-bond acceptors (Lipinski definition) is 2. The molecule has 0 aliphatic heterocycles. The van der Waals surface area contributed by atoms with E-state index in [2.05, 4.69) is 22.5 Å². The highest BCUT2D eigenvalue weighted by atomic mass is 79.9. The third-order valence-corrected chi connectivity index (χ3v) is 3.06. The molecule has 13 heavy (non-hydrogen) atoms. The van der Waals surface area contributed by atoms with E-state index >= 15 is 0 Å². The maximum absolute atomic E-state index is 9.62. The third kappa shape index (κ3) is 2.05. The van der Waals surface area contributed by atoms with Gasteiger partial charge in [-0.1, -0.05) is 23.7 Å². The number of aromatic hydroxyl groups is 1. The second-order valence-electron chi connectivity index (χ2n) is 2.56. The van der Waals surface area contributed by atoms with E-state index in [1.165, 1.54) is 0 Å². The van der Waals surface area contributed by atoms with Gasteiger partial charge in [-0.05, 0) is 22.0 Å². The molecule has 0 spiro atoms. The van der Waals surface area contributed by atoms with Gasteiger partial charge in [-0.25, -0.2) is 0 Å². The summed E-state index contributed by atoms with van der Waals surface area (Å²) in [6, 6.07) is 2.97. The highest BCUT2D eigenvalue weighted by Crippen LogP contribution is 2.36. The monoisotopic (exact) mass is 261 g/mol. The molecule has 1 unspecified atom stereocenters. The van der Waals surface area contributed by atoms with Gasteiger partial charge >= 0.3 is 0 Å². The number of phenols is 1. The molecule has 0 radical (unpaired) electrons. The Balaban J connectivity index is 3.25. The van der Waals surface area contributed by atoms with Crippen molar-refractivity contribution in [3.05, 3.63) is 39.8 Å². The zero-order valence-electron chi connectivity index (χ0n) is 6.80. The predicted molar refractivity (Wildman–Crippen MR) is 57.9 cm³/mol. The number of phenolic OH excluding ortho intramolecular Hbond substituents is 1. The first-order chi connectivity index (χ1) is 6.07. The Bertz CT molecular complexity index is 341. The van der Waals surface area contributed by atoms with Crippen molar-refractivity contribution in [1.82, 2.24) is 0 Å². The van der Waals surface area contributed by atoms with E-state index in [0.29, 0.717) is 15.1 Å². The van der Waals surface area contributed by atoms with Gasteiger partial charge in [-0.15, -0.1) is 6.58 Å². The minimum atomic E-state index is -0.381. The molecule has 1 atom stereocenters. The molecule has 0 aliphatic rings. The smallest absolute Gasteiger partial charge is 0.136 e. The van der Waals surface area contributed by atoms with E-state index in [-0.39, 0.29) is 11.8 Å². The quantitative estimate of drug-likeness (QED) is 0.805. The Morgan fingerprint density at radius 2 is 2.23 bits per heavy atom. The fraction of sp³-hybridized carbons (Fsp3) is 0.111. The number of hydrogen-bond donors (Lipinski definition) is 2. The second-order valence-corrected chi connectivity index (χ2v) is 3.76. The summed E-state index contributed by atoms with van der Waals surface area (Å²) in [5.74, 6) is 0.0694. The SMILES string of the molecule is C=CC(N)c1ccc(Cl)c(Br)c1O. The largest absolute Gasteiger partial charge is 0.506 e. The van der Waals surface area contributed by atoms with Gasteiger partial charge in [0.1, 0.15) is 5.75 Å². The molecule has 1 aromatic carbocycles. The van der Waals surface area contributed by atoms with Crippen LogP contribution in [0.5, 0.6) is 5.75 Å². The lowest BCUT2D eigenvalue weighted by molar-refractivity contribution is 0.462. The third-order valence-electron chi connectivity index (χ3n) is 1.71. The molecule has 0 aliphatic carbocycles. The lowest BCUT2D eigenvalue weighted by Crippen LogP contribution is -2.06. The predicted octanol–water partition coefficient (Wildman–Crippen LogP) is 2.99. The summed E-state index contributed by atoms with van der Waals surface area (Å²) in [6.07, 6.45) is 1.55. The van der Waals surface area contributed by atoms with E-state index in [0.717, 1.165) is 0 Å². The Hall–Kier alpha value is -0.510. The van der Waals surface area contributed by atoms with Crippen molar-refractivity contribution in [3.8, 4) is 5.75 Å². The summed E-state index contributed by atoms with van der Waals surface area (Å²) in [5, 5.41) is 10.1.